The highest BCUT2D eigenvalue weighted by Gasteiger charge is 2.34. The van der Waals surface area contributed by atoms with Crippen LogP contribution < -0.4 is 4.90 Å². The first-order chi connectivity index (χ1) is 11.5. The van der Waals surface area contributed by atoms with Crippen molar-refractivity contribution in [2.75, 3.05) is 18.0 Å². The summed E-state index contributed by atoms with van der Waals surface area (Å²) in [6.07, 6.45) is 2.81. The molecule has 24 heavy (non-hydrogen) atoms. The highest BCUT2D eigenvalue weighted by molar-refractivity contribution is 5.59. The molecule has 0 spiro atoms. The molecule has 5 nitrogen and oxygen atoms in total. The lowest BCUT2D eigenvalue weighted by molar-refractivity contribution is -0.141. The number of rotatable bonds is 3. The fourth-order valence-electron chi connectivity index (χ4n) is 2.81. The van der Waals surface area contributed by atoms with Crippen LogP contribution in [0.15, 0.2) is 18.5 Å². The maximum Gasteiger partial charge on any atom is 0.433 e. The molecule has 0 atom stereocenters. The van der Waals surface area contributed by atoms with Gasteiger partial charge in [0.15, 0.2) is 5.69 Å². The van der Waals surface area contributed by atoms with Crippen molar-refractivity contribution in [1.29, 1.82) is 0 Å². The van der Waals surface area contributed by atoms with Gasteiger partial charge in [-0.25, -0.2) is 9.97 Å². The first-order valence-electron chi connectivity index (χ1n) is 8.21. The van der Waals surface area contributed by atoms with E-state index in [0.717, 1.165) is 31.7 Å². The van der Waals surface area contributed by atoms with Crippen LogP contribution in [0.1, 0.15) is 38.3 Å². The van der Waals surface area contributed by atoms with Gasteiger partial charge in [-0.15, -0.1) is 0 Å². The van der Waals surface area contributed by atoms with E-state index in [1.807, 2.05) is 11.8 Å². The summed E-state index contributed by atoms with van der Waals surface area (Å²) in [6.45, 7) is 3.95. The van der Waals surface area contributed by atoms with Gasteiger partial charge in [-0.05, 0) is 25.8 Å². The molecule has 0 N–H and O–H groups in total. The van der Waals surface area contributed by atoms with Gasteiger partial charge in [0.1, 0.15) is 0 Å². The van der Waals surface area contributed by atoms with E-state index in [0.29, 0.717) is 25.2 Å². The molecule has 3 heterocycles. The lowest BCUT2D eigenvalue weighted by atomic mass is 10.2. The van der Waals surface area contributed by atoms with Crippen molar-refractivity contribution in [3.8, 4) is 11.3 Å². The number of hydrogen-bond acceptors (Lipinski definition) is 4. The van der Waals surface area contributed by atoms with Crippen LogP contribution in [0, 0.1) is 0 Å². The zero-order valence-electron chi connectivity index (χ0n) is 13.6. The molecule has 1 aliphatic rings. The fourth-order valence-corrected chi connectivity index (χ4v) is 2.81. The Labute approximate surface area is 138 Å². The molecule has 2 aromatic rings. The van der Waals surface area contributed by atoms with Crippen molar-refractivity contribution >= 4 is 5.95 Å². The van der Waals surface area contributed by atoms with Gasteiger partial charge in [-0.1, -0.05) is 12.8 Å². The van der Waals surface area contributed by atoms with Crippen LogP contribution in [0.4, 0.5) is 19.1 Å². The van der Waals surface area contributed by atoms with Crippen molar-refractivity contribution in [2.45, 2.75) is 45.3 Å². The number of hydrogen-bond donors (Lipinski definition) is 0. The Morgan fingerprint density at radius 3 is 2.38 bits per heavy atom. The SMILES string of the molecule is CCn1cc(-c2cc(C(F)(F)F)nc(N3CCCCCC3)n2)cn1. The Morgan fingerprint density at radius 2 is 1.79 bits per heavy atom. The quantitative estimate of drug-likeness (QED) is 0.854. The topological polar surface area (TPSA) is 46.8 Å². The normalized spacial score (nSPS) is 16.2. The third kappa shape index (κ3) is 3.68. The first-order valence-corrected chi connectivity index (χ1v) is 8.21. The maximum atomic E-state index is 13.3. The number of halogens is 3. The molecule has 1 fully saturated rings. The number of alkyl halides is 3. The molecule has 0 bridgehead atoms. The minimum absolute atomic E-state index is 0.158. The van der Waals surface area contributed by atoms with Crippen LogP contribution in [-0.4, -0.2) is 32.8 Å². The minimum Gasteiger partial charge on any atom is -0.341 e. The molecule has 0 aliphatic carbocycles. The van der Waals surface area contributed by atoms with E-state index in [2.05, 4.69) is 15.1 Å². The number of aryl methyl sites for hydroxylation is 1. The van der Waals surface area contributed by atoms with E-state index in [1.165, 1.54) is 6.20 Å². The lowest BCUT2D eigenvalue weighted by Gasteiger charge is -2.21. The van der Waals surface area contributed by atoms with Crippen LogP contribution >= 0.6 is 0 Å². The Kier molecular flexibility index (Phi) is 4.73. The Hall–Kier alpha value is -2.12. The monoisotopic (exact) mass is 339 g/mol. The zero-order chi connectivity index (χ0) is 17.2. The molecule has 1 saturated heterocycles. The third-order valence-electron chi connectivity index (χ3n) is 4.15. The summed E-state index contributed by atoms with van der Waals surface area (Å²) in [7, 11) is 0. The highest BCUT2D eigenvalue weighted by Crippen LogP contribution is 2.32. The molecule has 130 valence electrons. The van der Waals surface area contributed by atoms with E-state index < -0.39 is 11.9 Å². The maximum absolute atomic E-state index is 13.3. The fraction of sp³-hybridized carbons (Fsp3) is 0.562. The molecule has 0 unspecified atom stereocenters. The summed E-state index contributed by atoms with van der Waals surface area (Å²) in [5.41, 5.74) is -0.0758. The molecule has 0 saturated carbocycles. The van der Waals surface area contributed by atoms with Crippen LogP contribution in [0.5, 0.6) is 0 Å². The molecule has 0 amide bonds. The molecule has 3 rings (SSSR count). The van der Waals surface area contributed by atoms with Gasteiger partial charge in [0, 0.05) is 31.4 Å². The predicted molar refractivity (Wildman–Crippen MR) is 84.6 cm³/mol. The second-order valence-corrected chi connectivity index (χ2v) is 5.92. The molecule has 8 heteroatoms. The number of aromatic nitrogens is 4. The smallest absolute Gasteiger partial charge is 0.341 e. The van der Waals surface area contributed by atoms with E-state index >= 15 is 0 Å². The number of anilines is 1. The predicted octanol–water partition coefficient (Wildman–Crippen LogP) is 3.76. The minimum atomic E-state index is -4.50. The summed E-state index contributed by atoms with van der Waals surface area (Å²) in [5, 5.41) is 4.12. The van der Waals surface area contributed by atoms with E-state index in [-0.39, 0.29) is 11.6 Å². The van der Waals surface area contributed by atoms with Crippen LogP contribution in [0.2, 0.25) is 0 Å². The average Bonchev–Trinajstić information content (AvgIpc) is 2.88. The summed E-state index contributed by atoms with van der Waals surface area (Å²) in [6, 6.07) is 0.998. The highest BCUT2D eigenvalue weighted by atomic mass is 19.4. The summed E-state index contributed by atoms with van der Waals surface area (Å²) in [5.74, 6) is 0.158. The average molecular weight is 339 g/mol. The van der Waals surface area contributed by atoms with Crippen molar-refractivity contribution < 1.29 is 13.2 Å². The van der Waals surface area contributed by atoms with Gasteiger partial charge in [-0.3, -0.25) is 4.68 Å². The third-order valence-corrected chi connectivity index (χ3v) is 4.15. The Morgan fingerprint density at radius 1 is 1.08 bits per heavy atom. The molecular weight excluding hydrogens is 319 g/mol. The van der Waals surface area contributed by atoms with Crippen molar-refractivity contribution in [2.24, 2.45) is 0 Å². The summed E-state index contributed by atoms with van der Waals surface area (Å²) >= 11 is 0. The first kappa shape index (κ1) is 16.7. The number of nitrogens with zero attached hydrogens (tertiary/aromatic N) is 5. The van der Waals surface area contributed by atoms with E-state index in [4.69, 9.17) is 0 Å². The van der Waals surface area contributed by atoms with Gasteiger partial charge in [0.05, 0.1) is 11.9 Å². The molecular formula is C16H20F3N5. The van der Waals surface area contributed by atoms with Crippen molar-refractivity contribution in [3.63, 3.8) is 0 Å². The van der Waals surface area contributed by atoms with Gasteiger partial charge in [-0.2, -0.15) is 18.3 Å². The summed E-state index contributed by atoms with van der Waals surface area (Å²) in [4.78, 5) is 10.0. The van der Waals surface area contributed by atoms with Crippen molar-refractivity contribution in [1.82, 2.24) is 19.7 Å². The second-order valence-electron chi connectivity index (χ2n) is 5.92. The summed E-state index contributed by atoms with van der Waals surface area (Å²) < 4.78 is 41.4. The van der Waals surface area contributed by atoms with Crippen LogP contribution in [-0.2, 0) is 12.7 Å². The zero-order valence-corrected chi connectivity index (χ0v) is 13.6. The van der Waals surface area contributed by atoms with Crippen LogP contribution in [0.25, 0.3) is 11.3 Å². The van der Waals surface area contributed by atoms with Gasteiger partial charge < -0.3 is 4.90 Å². The molecule has 0 aromatic carbocycles. The Bertz CT molecular complexity index is 687. The van der Waals surface area contributed by atoms with E-state index in [1.54, 1.807) is 10.9 Å². The largest absolute Gasteiger partial charge is 0.433 e. The lowest BCUT2D eigenvalue weighted by Crippen LogP contribution is -2.27. The van der Waals surface area contributed by atoms with Crippen LogP contribution in [0.3, 0.4) is 0 Å². The molecule has 1 aliphatic heterocycles. The Balaban J connectivity index is 2.02. The molecule has 0 radical (unpaired) electrons. The van der Waals surface area contributed by atoms with Gasteiger partial charge >= 0.3 is 6.18 Å². The second kappa shape index (κ2) is 6.78. The van der Waals surface area contributed by atoms with E-state index in [9.17, 15) is 13.2 Å². The van der Waals surface area contributed by atoms with Gasteiger partial charge in [0.2, 0.25) is 5.95 Å². The standard InChI is InChI=1S/C16H20F3N5/c1-2-24-11-12(10-20-24)13-9-14(16(17,18)19)22-15(21-13)23-7-5-3-4-6-8-23/h9-11H,2-8H2,1H3. The molecule has 2 aromatic heterocycles. The van der Waals surface area contributed by atoms with Crippen molar-refractivity contribution in [3.05, 3.63) is 24.2 Å². The van der Waals surface area contributed by atoms with Gasteiger partial charge in [0.25, 0.3) is 0 Å².